The molecule has 0 aromatic heterocycles. The summed E-state index contributed by atoms with van der Waals surface area (Å²) in [6, 6.07) is 0. The number of rotatable bonds is 5. The van der Waals surface area contributed by atoms with E-state index in [1.54, 1.807) is 0 Å². The average molecular weight is 148 g/mol. The normalized spacial score (nSPS) is 9.40. The van der Waals surface area contributed by atoms with E-state index in [0.717, 1.165) is 0 Å². The van der Waals surface area contributed by atoms with Crippen LogP contribution >= 0.6 is 0 Å². The summed E-state index contributed by atoms with van der Waals surface area (Å²) in [7, 11) is 0. The second-order valence-electron chi connectivity index (χ2n) is 1.59. The van der Waals surface area contributed by atoms with Crippen LogP contribution in [0.4, 0.5) is 0 Å². The van der Waals surface area contributed by atoms with E-state index in [9.17, 15) is 4.79 Å². The van der Waals surface area contributed by atoms with Gasteiger partial charge in [-0.15, -0.1) is 0 Å². The van der Waals surface area contributed by atoms with Crippen LogP contribution in [0.3, 0.4) is 0 Å². The molecule has 0 N–H and O–H groups in total. The van der Waals surface area contributed by atoms with E-state index in [0.29, 0.717) is 13.2 Å². The van der Waals surface area contributed by atoms with Crippen molar-refractivity contribution in [2.24, 2.45) is 0 Å². The van der Waals surface area contributed by atoms with Crippen LogP contribution in [-0.4, -0.2) is 25.8 Å². The number of carbonyl (C=O) groups is 1. The quantitative estimate of drug-likeness (QED) is 0.324. The minimum absolute atomic E-state index is 0.285. The molecule has 0 amide bonds. The number of hydrogen-bond acceptors (Lipinski definition) is 4. The molecule has 0 atom stereocenters. The molecule has 0 unspecified atom stereocenters. The van der Waals surface area contributed by atoms with E-state index >= 15 is 0 Å². The Morgan fingerprint density at radius 2 is 2.10 bits per heavy atom. The zero-order chi connectivity index (χ0) is 7.82. The summed E-state index contributed by atoms with van der Waals surface area (Å²) in [5, 5.41) is 0. The Kier molecular flexibility index (Phi) is 6.11. The molecule has 10 heavy (non-hydrogen) atoms. The third kappa shape index (κ3) is 7.39. The van der Waals surface area contributed by atoms with Crippen molar-refractivity contribution in [3.63, 3.8) is 0 Å². The van der Waals surface area contributed by atoms with E-state index in [4.69, 9.17) is 4.74 Å². The molecule has 0 saturated carbocycles. The highest BCUT2D eigenvalue weighted by atomic mass is 17.2. The standard InChI is InChI=1S/C6H12O4/c1-3-8-4-5-9-10-6(2)7/h3-5H2,1-2H3. The summed E-state index contributed by atoms with van der Waals surface area (Å²) in [6.45, 7) is 4.53. The molecule has 0 fully saturated rings. The molecule has 0 aliphatic heterocycles. The molecule has 4 nitrogen and oxygen atoms in total. The van der Waals surface area contributed by atoms with Crippen LogP contribution in [0.2, 0.25) is 0 Å². The Morgan fingerprint density at radius 3 is 2.60 bits per heavy atom. The molecule has 0 rings (SSSR count). The van der Waals surface area contributed by atoms with E-state index < -0.39 is 5.97 Å². The van der Waals surface area contributed by atoms with Gasteiger partial charge in [0.05, 0.1) is 6.61 Å². The third-order valence-corrected chi connectivity index (χ3v) is 0.691. The van der Waals surface area contributed by atoms with Crippen LogP contribution in [0.25, 0.3) is 0 Å². The average Bonchev–Trinajstić information content (AvgIpc) is 1.87. The Labute approximate surface area is 60.0 Å². The van der Waals surface area contributed by atoms with Crippen molar-refractivity contribution in [3.8, 4) is 0 Å². The summed E-state index contributed by atoms with van der Waals surface area (Å²) >= 11 is 0. The second-order valence-corrected chi connectivity index (χ2v) is 1.59. The van der Waals surface area contributed by atoms with Gasteiger partial charge < -0.3 is 4.74 Å². The first-order valence-electron chi connectivity index (χ1n) is 3.15. The Hall–Kier alpha value is -0.610. The summed E-state index contributed by atoms with van der Waals surface area (Å²) < 4.78 is 4.90. The summed E-state index contributed by atoms with van der Waals surface area (Å²) in [5.74, 6) is -0.448. The van der Waals surface area contributed by atoms with Gasteiger partial charge in [-0.3, -0.25) is 4.89 Å². The maximum Gasteiger partial charge on any atom is 0.339 e. The van der Waals surface area contributed by atoms with Crippen LogP contribution in [-0.2, 0) is 19.3 Å². The van der Waals surface area contributed by atoms with Crippen LogP contribution < -0.4 is 0 Å². The zero-order valence-corrected chi connectivity index (χ0v) is 6.25. The molecule has 0 aliphatic rings. The van der Waals surface area contributed by atoms with Crippen LogP contribution in [0.5, 0.6) is 0 Å². The fourth-order valence-corrected chi connectivity index (χ4v) is 0.362. The van der Waals surface area contributed by atoms with Crippen molar-refractivity contribution in [3.05, 3.63) is 0 Å². The van der Waals surface area contributed by atoms with Gasteiger partial charge in [0.1, 0.15) is 6.61 Å². The van der Waals surface area contributed by atoms with Gasteiger partial charge in [0.25, 0.3) is 0 Å². The molecular weight excluding hydrogens is 136 g/mol. The lowest BCUT2D eigenvalue weighted by atomic mass is 10.7. The summed E-state index contributed by atoms with van der Waals surface area (Å²) in [5.41, 5.74) is 0. The lowest BCUT2D eigenvalue weighted by Crippen LogP contribution is -2.07. The van der Waals surface area contributed by atoms with E-state index in [2.05, 4.69) is 9.78 Å². The molecule has 0 aliphatic carbocycles. The number of ether oxygens (including phenoxy) is 1. The van der Waals surface area contributed by atoms with Crippen LogP contribution in [0.1, 0.15) is 13.8 Å². The maximum atomic E-state index is 10.1. The van der Waals surface area contributed by atoms with E-state index in [1.165, 1.54) is 6.92 Å². The van der Waals surface area contributed by atoms with Gasteiger partial charge in [-0.25, -0.2) is 4.79 Å². The van der Waals surface area contributed by atoms with E-state index in [1.807, 2.05) is 6.92 Å². The van der Waals surface area contributed by atoms with Crippen molar-refractivity contribution >= 4 is 5.97 Å². The molecule has 4 heteroatoms. The fourth-order valence-electron chi connectivity index (χ4n) is 0.362. The van der Waals surface area contributed by atoms with Gasteiger partial charge in [-0.2, -0.15) is 4.89 Å². The Balaban J connectivity index is 2.84. The molecule has 0 heterocycles. The summed E-state index contributed by atoms with van der Waals surface area (Å²) in [6.07, 6.45) is 0. The highest BCUT2D eigenvalue weighted by molar-refractivity contribution is 5.65. The summed E-state index contributed by atoms with van der Waals surface area (Å²) in [4.78, 5) is 18.7. The molecule has 0 aromatic rings. The molecule has 0 radical (unpaired) electrons. The maximum absolute atomic E-state index is 10.1. The SMILES string of the molecule is CCOCCOOC(C)=O. The minimum Gasteiger partial charge on any atom is -0.379 e. The van der Waals surface area contributed by atoms with Crippen molar-refractivity contribution in [1.82, 2.24) is 0 Å². The topological polar surface area (TPSA) is 44.8 Å². The fraction of sp³-hybridized carbons (Fsp3) is 0.833. The Morgan fingerprint density at radius 1 is 1.40 bits per heavy atom. The van der Waals surface area contributed by atoms with Gasteiger partial charge in [-0.1, -0.05) is 0 Å². The predicted octanol–water partition coefficient (Wildman–Crippen LogP) is 0.518. The van der Waals surface area contributed by atoms with Gasteiger partial charge >= 0.3 is 5.97 Å². The first-order valence-corrected chi connectivity index (χ1v) is 3.15. The second kappa shape index (κ2) is 6.51. The molecule has 0 aromatic carbocycles. The largest absolute Gasteiger partial charge is 0.379 e. The van der Waals surface area contributed by atoms with Gasteiger partial charge in [0.2, 0.25) is 0 Å². The third-order valence-electron chi connectivity index (χ3n) is 0.691. The lowest BCUT2D eigenvalue weighted by molar-refractivity contribution is -0.274. The molecule has 0 bridgehead atoms. The van der Waals surface area contributed by atoms with Crippen molar-refractivity contribution in [1.29, 1.82) is 0 Å². The van der Waals surface area contributed by atoms with Crippen molar-refractivity contribution in [2.45, 2.75) is 13.8 Å². The lowest BCUT2D eigenvalue weighted by Gasteiger charge is -2.00. The van der Waals surface area contributed by atoms with Gasteiger partial charge in [0.15, 0.2) is 0 Å². The van der Waals surface area contributed by atoms with Gasteiger partial charge in [-0.05, 0) is 6.92 Å². The van der Waals surface area contributed by atoms with E-state index in [-0.39, 0.29) is 6.61 Å². The number of hydrogen-bond donors (Lipinski definition) is 0. The smallest absolute Gasteiger partial charge is 0.339 e. The highest BCUT2D eigenvalue weighted by Crippen LogP contribution is 1.80. The van der Waals surface area contributed by atoms with Crippen molar-refractivity contribution in [2.75, 3.05) is 19.8 Å². The first-order chi connectivity index (χ1) is 4.77. The van der Waals surface area contributed by atoms with Crippen molar-refractivity contribution < 1.29 is 19.3 Å². The van der Waals surface area contributed by atoms with Crippen LogP contribution in [0, 0.1) is 0 Å². The van der Waals surface area contributed by atoms with Crippen LogP contribution in [0.15, 0.2) is 0 Å². The molecule has 60 valence electrons. The van der Waals surface area contributed by atoms with Gasteiger partial charge in [0, 0.05) is 13.5 Å². The minimum atomic E-state index is -0.448. The predicted molar refractivity (Wildman–Crippen MR) is 34.2 cm³/mol. The molecular formula is C6H12O4. The highest BCUT2D eigenvalue weighted by Gasteiger charge is 1.91. The monoisotopic (exact) mass is 148 g/mol. The zero-order valence-electron chi connectivity index (χ0n) is 6.25. The molecule has 0 spiro atoms. The first kappa shape index (κ1) is 9.39. The Bertz CT molecular complexity index is 91.7. The molecule has 0 saturated heterocycles. The number of carbonyl (C=O) groups excluding carboxylic acids is 1.